The number of esters is 1. The average Bonchev–Trinajstić information content (AvgIpc) is 2.83. The summed E-state index contributed by atoms with van der Waals surface area (Å²) in [6, 6.07) is 0. The molecule has 156 valence electrons. The normalized spacial score (nSPS) is 55.4. The van der Waals surface area contributed by atoms with Crippen LogP contribution < -0.4 is 0 Å². The van der Waals surface area contributed by atoms with Gasteiger partial charge in [0.15, 0.2) is 5.60 Å². The van der Waals surface area contributed by atoms with E-state index in [0.29, 0.717) is 24.7 Å². The Morgan fingerprint density at radius 2 is 1.82 bits per heavy atom. The van der Waals surface area contributed by atoms with Crippen LogP contribution in [0.3, 0.4) is 0 Å². The molecule has 0 spiro atoms. The van der Waals surface area contributed by atoms with E-state index in [4.69, 9.17) is 11.2 Å². The Labute approximate surface area is 167 Å². The molecule has 0 heterocycles. The van der Waals surface area contributed by atoms with Crippen LogP contribution in [-0.2, 0) is 9.53 Å². The standard InChI is InChI=1S/C23H34O5/c1-5-23(27)19(26)12-17-20-16(7-9-22(17,23)4)21(3)8-6-15(28-13(2)24)10-14(21)11-18(20)25/h1,14-20,25-27H,6-12H2,2-4H3/t14-,15-,16?,17?,18-,19-,20?,21-,22-,23-/m0/s1. The first-order valence-corrected chi connectivity index (χ1v) is 10.8. The predicted octanol–water partition coefficient (Wildman–Crippen LogP) is 2.27. The summed E-state index contributed by atoms with van der Waals surface area (Å²) in [6.45, 7) is 5.80. The van der Waals surface area contributed by atoms with Crippen molar-refractivity contribution in [3.63, 3.8) is 0 Å². The van der Waals surface area contributed by atoms with Crippen molar-refractivity contribution in [2.24, 2.45) is 34.5 Å². The Morgan fingerprint density at radius 3 is 2.46 bits per heavy atom. The monoisotopic (exact) mass is 390 g/mol. The van der Waals surface area contributed by atoms with Crippen LogP contribution in [0.4, 0.5) is 0 Å². The maximum absolute atomic E-state index is 11.4. The summed E-state index contributed by atoms with van der Waals surface area (Å²) in [6.07, 6.45) is 9.67. The molecule has 0 radical (unpaired) electrons. The topological polar surface area (TPSA) is 87.0 Å². The third-order valence-electron chi connectivity index (χ3n) is 9.41. The summed E-state index contributed by atoms with van der Waals surface area (Å²) in [4.78, 5) is 11.4. The van der Waals surface area contributed by atoms with Crippen molar-refractivity contribution in [3.8, 4) is 12.3 Å². The summed E-state index contributed by atoms with van der Waals surface area (Å²) in [5.74, 6) is 2.99. The van der Waals surface area contributed by atoms with Crippen molar-refractivity contribution in [2.45, 2.75) is 89.6 Å². The maximum atomic E-state index is 11.4. The smallest absolute Gasteiger partial charge is 0.302 e. The van der Waals surface area contributed by atoms with E-state index in [-0.39, 0.29) is 29.3 Å². The molecule has 0 bridgehead atoms. The fourth-order valence-corrected chi connectivity index (χ4v) is 7.81. The van der Waals surface area contributed by atoms with E-state index in [9.17, 15) is 20.1 Å². The second-order valence-corrected chi connectivity index (χ2v) is 10.4. The zero-order valence-electron chi connectivity index (χ0n) is 17.2. The molecule has 5 nitrogen and oxygen atoms in total. The van der Waals surface area contributed by atoms with Crippen molar-refractivity contribution in [1.29, 1.82) is 0 Å². The maximum Gasteiger partial charge on any atom is 0.302 e. The number of carbonyl (C=O) groups is 1. The number of terminal acetylenes is 1. The van der Waals surface area contributed by atoms with Gasteiger partial charge < -0.3 is 20.1 Å². The average molecular weight is 391 g/mol. The fraction of sp³-hybridized carbons (Fsp3) is 0.870. The molecule has 0 aromatic heterocycles. The molecule has 4 saturated carbocycles. The van der Waals surface area contributed by atoms with Crippen LogP contribution in [0.15, 0.2) is 0 Å². The van der Waals surface area contributed by atoms with E-state index < -0.39 is 23.2 Å². The fourth-order valence-electron chi connectivity index (χ4n) is 7.81. The molecule has 0 saturated heterocycles. The van der Waals surface area contributed by atoms with E-state index in [1.54, 1.807) is 0 Å². The molecule has 4 rings (SSSR count). The van der Waals surface area contributed by atoms with Gasteiger partial charge in [-0.25, -0.2) is 0 Å². The molecule has 10 atom stereocenters. The summed E-state index contributed by atoms with van der Waals surface area (Å²) < 4.78 is 5.49. The lowest BCUT2D eigenvalue weighted by atomic mass is 9.43. The molecule has 0 aromatic carbocycles. The van der Waals surface area contributed by atoms with Gasteiger partial charge in [0.2, 0.25) is 0 Å². The number of aliphatic hydroxyl groups is 3. The van der Waals surface area contributed by atoms with Gasteiger partial charge in [-0.15, -0.1) is 6.42 Å². The molecule has 3 N–H and O–H groups in total. The Bertz CT molecular complexity index is 700. The molecule has 0 aliphatic heterocycles. The number of rotatable bonds is 1. The number of aliphatic hydroxyl groups excluding tert-OH is 2. The van der Waals surface area contributed by atoms with Crippen LogP contribution in [0, 0.1) is 46.8 Å². The Balaban J connectivity index is 1.63. The molecular formula is C23H34O5. The second-order valence-electron chi connectivity index (χ2n) is 10.4. The number of carbonyl (C=O) groups excluding carboxylic acids is 1. The summed E-state index contributed by atoms with van der Waals surface area (Å²) >= 11 is 0. The van der Waals surface area contributed by atoms with Crippen molar-refractivity contribution in [2.75, 3.05) is 0 Å². The van der Waals surface area contributed by atoms with Crippen LogP contribution in [0.2, 0.25) is 0 Å². The van der Waals surface area contributed by atoms with Crippen LogP contribution in [0.5, 0.6) is 0 Å². The van der Waals surface area contributed by atoms with Crippen LogP contribution in [0.1, 0.15) is 65.7 Å². The highest BCUT2D eigenvalue weighted by Gasteiger charge is 2.69. The van der Waals surface area contributed by atoms with Crippen molar-refractivity contribution < 1.29 is 24.9 Å². The van der Waals surface area contributed by atoms with E-state index >= 15 is 0 Å². The van der Waals surface area contributed by atoms with Crippen LogP contribution in [-0.4, -0.2) is 45.2 Å². The number of hydrogen-bond acceptors (Lipinski definition) is 5. The predicted molar refractivity (Wildman–Crippen MR) is 104 cm³/mol. The van der Waals surface area contributed by atoms with E-state index in [2.05, 4.69) is 12.8 Å². The van der Waals surface area contributed by atoms with E-state index in [0.717, 1.165) is 32.1 Å². The third kappa shape index (κ3) is 2.54. The molecule has 28 heavy (non-hydrogen) atoms. The molecule has 4 fully saturated rings. The van der Waals surface area contributed by atoms with Gasteiger partial charge in [0.05, 0.1) is 12.2 Å². The Kier molecular flexibility index (Phi) is 4.65. The number of hydrogen-bond donors (Lipinski definition) is 3. The summed E-state index contributed by atoms with van der Waals surface area (Å²) in [5, 5.41) is 32.9. The highest BCUT2D eigenvalue weighted by atomic mass is 16.5. The van der Waals surface area contributed by atoms with Crippen LogP contribution >= 0.6 is 0 Å². The molecule has 4 aliphatic carbocycles. The second kappa shape index (κ2) is 6.45. The quantitative estimate of drug-likeness (QED) is 0.472. The first kappa shape index (κ1) is 20.2. The third-order valence-corrected chi connectivity index (χ3v) is 9.41. The zero-order chi connectivity index (χ0) is 20.5. The zero-order valence-corrected chi connectivity index (χ0v) is 17.2. The largest absolute Gasteiger partial charge is 0.463 e. The lowest BCUT2D eigenvalue weighted by Gasteiger charge is -2.62. The highest BCUT2D eigenvalue weighted by Crippen LogP contribution is 2.68. The van der Waals surface area contributed by atoms with E-state index in [1.807, 2.05) is 6.92 Å². The molecular weight excluding hydrogens is 356 g/mol. The van der Waals surface area contributed by atoms with Gasteiger partial charge in [-0.2, -0.15) is 0 Å². The minimum absolute atomic E-state index is 0.0151. The van der Waals surface area contributed by atoms with Crippen LogP contribution in [0.25, 0.3) is 0 Å². The van der Waals surface area contributed by atoms with Crippen molar-refractivity contribution >= 4 is 5.97 Å². The number of ether oxygens (including phenoxy) is 1. The van der Waals surface area contributed by atoms with Gasteiger partial charge >= 0.3 is 5.97 Å². The molecule has 4 aliphatic rings. The lowest BCUT2D eigenvalue weighted by molar-refractivity contribution is -0.190. The first-order valence-electron chi connectivity index (χ1n) is 10.8. The van der Waals surface area contributed by atoms with Gasteiger partial charge in [0.1, 0.15) is 6.10 Å². The van der Waals surface area contributed by atoms with Gasteiger partial charge in [-0.1, -0.05) is 19.8 Å². The van der Waals surface area contributed by atoms with Crippen molar-refractivity contribution in [1.82, 2.24) is 0 Å². The van der Waals surface area contributed by atoms with Crippen molar-refractivity contribution in [3.05, 3.63) is 0 Å². The molecule has 0 aromatic rings. The SMILES string of the molecule is C#C[C@]1(O)[C@@H](O)CC2C3C(CC[C@@]21C)[C@@]1(C)CC[C@H](OC(C)=O)C[C@H]1C[C@@H]3O. The molecule has 5 heteroatoms. The summed E-state index contributed by atoms with van der Waals surface area (Å²) in [5.41, 5.74) is -2.00. The molecule has 3 unspecified atom stereocenters. The molecule has 0 amide bonds. The van der Waals surface area contributed by atoms with Gasteiger partial charge in [-0.3, -0.25) is 4.79 Å². The minimum atomic E-state index is -1.52. The lowest BCUT2D eigenvalue weighted by Crippen LogP contribution is -2.61. The summed E-state index contributed by atoms with van der Waals surface area (Å²) in [7, 11) is 0. The minimum Gasteiger partial charge on any atom is -0.463 e. The highest BCUT2D eigenvalue weighted by molar-refractivity contribution is 5.66. The van der Waals surface area contributed by atoms with Gasteiger partial charge in [0.25, 0.3) is 0 Å². The Morgan fingerprint density at radius 1 is 1.11 bits per heavy atom. The van der Waals surface area contributed by atoms with Gasteiger partial charge in [-0.05, 0) is 74.0 Å². The first-order chi connectivity index (χ1) is 13.1. The Hall–Kier alpha value is -1.09. The van der Waals surface area contributed by atoms with Gasteiger partial charge in [0, 0.05) is 12.3 Å². The number of fused-ring (bicyclic) bond motifs is 5. The van der Waals surface area contributed by atoms with E-state index in [1.165, 1.54) is 6.92 Å².